The summed E-state index contributed by atoms with van der Waals surface area (Å²) < 4.78 is 0. The number of aliphatic carboxylic acids is 1. The van der Waals surface area contributed by atoms with E-state index in [0.29, 0.717) is 35.4 Å². The van der Waals surface area contributed by atoms with Crippen molar-refractivity contribution in [3.63, 3.8) is 0 Å². The van der Waals surface area contributed by atoms with Crippen LogP contribution < -0.4 is 0 Å². The Kier molecular flexibility index (Phi) is 5.17. The number of halogens is 1. The Morgan fingerprint density at radius 2 is 2.14 bits per heavy atom. The van der Waals surface area contributed by atoms with Gasteiger partial charge in [0.1, 0.15) is 0 Å². The number of carboxylic acids is 1. The van der Waals surface area contributed by atoms with Gasteiger partial charge < -0.3 is 20.3 Å². The van der Waals surface area contributed by atoms with Crippen molar-refractivity contribution < 1.29 is 25.1 Å². The van der Waals surface area contributed by atoms with Crippen LogP contribution >= 0.6 is 11.6 Å². The second kappa shape index (κ2) is 6.58. The molecule has 1 aliphatic rings. The van der Waals surface area contributed by atoms with Gasteiger partial charge in [-0.2, -0.15) is 0 Å². The average molecular weight is 327 g/mol. The molecule has 2 rings (SSSR count). The molecule has 22 heavy (non-hydrogen) atoms. The second-order valence-electron chi connectivity index (χ2n) is 6.08. The molecule has 1 aromatic rings. The molecule has 0 amide bonds. The van der Waals surface area contributed by atoms with E-state index in [4.69, 9.17) is 21.6 Å². The van der Waals surface area contributed by atoms with Crippen LogP contribution in [-0.4, -0.2) is 33.3 Å². The maximum Gasteiger partial charge on any atom is 0.451 e. The normalized spacial score (nSPS) is 23.4. The van der Waals surface area contributed by atoms with Gasteiger partial charge in [0.2, 0.25) is 0 Å². The van der Waals surface area contributed by atoms with E-state index in [2.05, 4.69) is 0 Å². The molecule has 0 bridgehead atoms. The van der Waals surface area contributed by atoms with Crippen molar-refractivity contribution in [1.29, 1.82) is 0 Å². The summed E-state index contributed by atoms with van der Waals surface area (Å²) in [6.45, 7) is 1.46. The van der Waals surface area contributed by atoms with Gasteiger partial charge in [-0.25, -0.2) is 0 Å². The molecule has 1 aliphatic carbocycles. The molecule has 5 nitrogen and oxygen atoms in total. The van der Waals surface area contributed by atoms with Crippen LogP contribution in [0.1, 0.15) is 36.5 Å². The zero-order valence-corrected chi connectivity index (χ0v) is 13.2. The third-order valence-electron chi connectivity index (χ3n) is 4.74. The number of benzene rings is 1. The fourth-order valence-corrected chi connectivity index (χ4v) is 3.60. The summed E-state index contributed by atoms with van der Waals surface area (Å²) >= 11 is 6.10. The Balaban J connectivity index is 2.34. The minimum atomic E-state index is -1.37. The number of aliphatic hydroxyl groups excluding tert-OH is 1. The monoisotopic (exact) mass is 326 g/mol. The molecule has 0 aromatic heterocycles. The first-order chi connectivity index (χ1) is 10.3. The zero-order valence-electron chi connectivity index (χ0n) is 12.4. The Morgan fingerprint density at radius 3 is 2.68 bits per heavy atom. The van der Waals surface area contributed by atoms with E-state index in [1.54, 1.807) is 19.1 Å². The van der Waals surface area contributed by atoms with Crippen LogP contribution in [0.25, 0.3) is 0 Å². The number of rotatable bonds is 6. The van der Waals surface area contributed by atoms with Crippen molar-refractivity contribution in [2.45, 2.75) is 44.5 Å². The largest absolute Gasteiger partial charge is 0.481 e. The van der Waals surface area contributed by atoms with Crippen LogP contribution in [-0.2, 0) is 23.2 Å². The Labute approximate surface area is 134 Å². The minimum absolute atomic E-state index is 0.135. The lowest BCUT2D eigenvalue weighted by molar-refractivity contribution is -0.145. The molecular weight excluding hydrogens is 306 g/mol. The topological polar surface area (TPSA) is 98.0 Å². The van der Waals surface area contributed by atoms with Crippen LogP contribution in [0.15, 0.2) is 12.1 Å². The van der Waals surface area contributed by atoms with Crippen LogP contribution in [0.5, 0.6) is 0 Å². The lowest BCUT2D eigenvalue weighted by Gasteiger charge is -2.28. The maximum absolute atomic E-state index is 11.9. The predicted octanol–water partition coefficient (Wildman–Crippen LogP) is 1.60. The predicted molar refractivity (Wildman–Crippen MR) is 83.8 cm³/mol. The summed E-state index contributed by atoms with van der Waals surface area (Å²) in [6.07, 6.45) is 1.94. The Hall–Kier alpha value is -1.08. The minimum Gasteiger partial charge on any atom is -0.481 e. The smallest absolute Gasteiger partial charge is 0.451 e. The molecular formula is C15H20BClO5. The van der Waals surface area contributed by atoms with E-state index in [-0.39, 0.29) is 18.8 Å². The molecule has 120 valence electrons. The average Bonchev–Trinajstić information content (AvgIpc) is 2.71. The summed E-state index contributed by atoms with van der Waals surface area (Å²) in [5, 5.41) is 37.4. The highest BCUT2D eigenvalue weighted by atomic mass is 35.5. The summed E-state index contributed by atoms with van der Waals surface area (Å²) in [5.74, 6) is -1.05. The molecule has 0 heterocycles. The van der Waals surface area contributed by atoms with Gasteiger partial charge in [-0.05, 0) is 54.8 Å². The van der Waals surface area contributed by atoms with Gasteiger partial charge in [-0.15, -0.1) is 0 Å². The van der Waals surface area contributed by atoms with E-state index in [0.717, 1.165) is 5.56 Å². The summed E-state index contributed by atoms with van der Waals surface area (Å²) in [4.78, 5) is 11.9. The first-order valence-electron chi connectivity index (χ1n) is 7.32. The molecule has 2 atom stereocenters. The Bertz CT molecular complexity index is 577. The van der Waals surface area contributed by atoms with Gasteiger partial charge in [0, 0.05) is 5.02 Å². The number of fused-ring (bicyclic) bond motifs is 1. The first-order valence-corrected chi connectivity index (χ1v) is 7.70. The molecule has 7 heteroatoms. The van der Waals surface area contributed by atoms with Crippen molar-refractivity contribution in [2.24, 2.45) is 5.92 Å². The molecule has 0 saturated carbocycles. The van der Waals surface area contributed by atoms with E-state index < -0.39 is 18.5 Å². The third kappa shape index (κ3) is 3.01. The fraction of sp³-hybridized carbons (Fsp3) is 0.533. The summed E-state index contributed by atoms with van der Waals surface area (Å²) in [5.41, 5.74) is 1.06. The highest BCUT2D eigenvalue weighted by molar-refractivity contribution is 6.40. The lowest BCUT2D eigenvalue weighted by Crippen LogP contribution is -2.37. The maximum atomic E-state index is 11.9. The van der Waals surface area contributed by atoms with Gasteiger partial charge in [-0.3, -0.25) is 4.79 Å². The van der Waals surface area contributed by atoms with Gasteiger partial charge >= 0.3 is 13.1 Å². The van der Waals surface area contributed by atoms with Gasteiger partial charge in [0.15, 0.2) is 0 Å². The molecule has 0 unspecified atom stereocenters. The van der Waals surface area contributed by atoms with E-state index in [9.17, 15) is 15.0 Å². The van der Waals surface area contributed by atoms with E-state index in [1.807, 2.05) is 0 Å². The summed E-state index contributed by atoms with van der Waals surface area (Å²) in [7, 11) is -1.37. The highest BCUT2D eigenvalue weighted by Gasteiger charge is 2.48. The van der Waals surface area contributed by atoms with E-state index >= 15 is 0 Å². The van der Waals surface area contributed by atoms with Gasteiger partial charge in [0.25, 0.3) is 0 Å². The quantitative estimate of drug-likeness (QED) is 0.595. The van der Waals surface area contributed by atoms with Crippen LogP contribution in [0.3, 0.4) is 0 Å². The van der Waals surface area contributed by atoms with E-state index in [1.165, 1.54) is 0 Å². The fourth-order valence-electron chi connectivity index (χ4n) is 3.35. The molecule has 4 N–H and O–H groups in total. The van der Waals surface area contributed by atoms with Crippen LogP contribution in [0.4, 0.5) is 0 Å². The van der Waals surface area contributed by atoms with Crippen LogP contribution in [0, 0.1) is 5.92 Å². The number of hydrogen-bond donors (Lipinski definition) is 4. The molecule has 0 saturated heterocycles. The molecule has 1 aromatic carbocycles. The molecule has 0 aliphatic heterocycles. The number of aliphatic hydroxyl groups is 1. The number of carbonyl (C=O) groups is 1. The van der Waals surface area contributed by atoms with Gasteiger partial charge in [-0.1, -0.05) is 24.1 Å². The highest BCUT2D eigenvalue weighted by Crippen LogP contribution is 2.47. The first kappa shape index (κ1) is 17.3. The second-order valence-corrected chi connectivity index (χ2v) is 6.49. The van der Waals surface area contributed by atoms with Crippen molar-refractivity contribution in [1.82, 2.24) is 0 Å². The standard InChI is InChI=1S/C15H20BClO5/c1-15(14(19)20)11(3-2-4-16(21)22)5-9-7-13(17)10(8-18)6-12(9)15/h6-7,11,18,21-22H,2-5,8H2,1H3,(H,19,20)/t11-,15-/m0/s1. The zero-order chi connectivity index (χ0) is 16.5. The van der Waals surface area contributed by atoms with Crippen molar-refractivity contribution in [3.8, 4) is 0 Å². The molecule has 0 spiro atoms. The third-order valence-corrected chi connectivity index (χ3v) is 5.10. The Morgan fingerprint density at radius 1 is 1.45 bits per heavy atom. The van der Waals surface area contributed by atoms with Gasteiger partial charge in [0.05, 0.1) is 12.0 Å². The lowest BCUT2D eigenvalue weighted by atomic mass is 9.72. The number of hydrogen-bond acceptors (Lipinski definition) is 4. The van der Waals surface area contributed by atoms with Crippen molar-refractivity contribution in [2.75, 3.05) is 0 Å². The SMILES string of the molecule is C[C@@]1(C(=O)O)c2cc(CO)c(Cl)cc2C[C@@H]1CCCB(O)O. The molecule has 0 radical (unpaired) electrons. The van der Waals surface area contributed by atoms with Crippen molar-refractivity contribution >= 4 is 24.7 Å². The number of carboxylic acid groups (broad SMARTS) is 1. The molecule has 0 fully saturated rings. The van der Waals surface area contributed by atoms with Crippen molar-refractivity contribution in [3.05, 3.63) is 33.8 Å². The van der Waals surface area contributed by atoms with Crippen LogP contribution in [0.2, 0.25) is 11.3 Å². The summed E-state index contributed by atoms with van der Waals surface area (Å²) in [6, 6.07) is 3.43.